The summed E-state index contributed by atoms with van der Waals surface area (Å²) in [6.45, 7) is 6.69. The summed E-state index contributed by atoms with van der Waals surface area (Å²) in [6.07, 6.45) is 0. The molecule has 1 N–H and O–H groups in total. The standard InChI is InChI=1S/C18H29N3O4/c1-12-8-15(13(2)21(12)6-7-24-4)18(23)20-9-14(11-25-5)16(10-20)17(22)19-3/h8,14,16H,6-7,9-11H2,1-5H3,(H,19,22). The molecule has 2 atom stereocenters. The van der Waals surface area contributed by atoms with Gasteiger partial charge in [0.25, 0.3) is 5.91 Å². The normalized spacial score (nSPS) is 20.1. The topological polar surface area (TPSA) is 72.8 Å². The predicted octanol–water partition coefficient (Wildman–Crippen LogP) is 0.832. The molecule has 2 heterocycles. The lowest BCUT2D eigenvalue weighted by Gasteiger charge is -2.16. The quantitative estimate of drug-likeness (QED) is 0.790. The molecule has 7 heteroatoms. The minimum absolute atomic E-state index is 0.0193. The van der Waals surface area contributed by atoms with Crippen molar-refractivity contribution in [2.45, 2.75) is 20.4 Å². The van der Waals surface area contributed by atoms with E-state index in [9.17, 15) is 9.59 Å². The van der Waals surface area contributed by atoms with Gasteiger partial charge in [0.05, 0.1) is 24.7 Å². The number of likely N-dealkylation sites (tertiary alicyclic amines) is 1. The maximum atomic E-state index is 13.0. The first kappa shape index (κ1) is 19.5. The number of aryl methyl sites for hydroxylation is 1. The van der Waals surface area contributed by atoms with Gasteiger partial charge in [-0.1, -0.05) is 0 Å². The molecule has 0 aliphatic carbocycles. The van der Waals surface area contributed by atoms with Crippen LogP contribution in [-0.2, 0) is 20.8 Å². The molecule has 2 amide bonds. The van der Waals surface area contributed by atoms with Crippen molar-refractivity contribution in [3.05, 3.63) is 23.0 Å². The van der Waals surface area contributed by atoms with E-state index in [4.69, 9.17) is 9.47 Å². The van der Waals surface area contributed by atoms with Gasteiger partial charge in [-0.3, -0.25) is 9.59 Å². The lowest BCUT2D eigenvalue weighted by atomic mass is 9.96. The molecule has 2 rings (SSSR count). The van der Waals surface area contributed by atoms with E-state index >= 15 is 0 Å². The lowest BCUT2D eigenvalue weighted by molar-refractivity contribution is -0.125. The summed E-state index contributed by atoms with van der Waals surface area (Å²) < 4.78 is 12.5. The molecule has 1 aliphatic heterocycles. The number of methoxy groups -OCH3 is 2. The van der Waals surface area contributed by atoms with Crippen molar-refractivity contribution in [3.8, 4) is 0 Å². The van der Waals surface area contributed by atoms with Crippen molar-refractivity contribution in [2.75, 3.05) is 47.6 Å². The Morgan fingerprint density at radius 2 is 1.96 bits per heavy atom. The highest BCUT2D eigenvalue weighted by Gasteiger charge is 2.39. The van der Waals surface area contributed by atoms with Crippen LogP contribution in [0.3, 0.4) is 0 Å². The highest BCUT2D eigenvalue weighted by atomic mass is 16.5. The molecular formula is C18H29N3O4. The van der Waals surface area contributed by atoms with Gasteiger partial charge in [-0.25, -0.2) is 0 Å². The summed E-state index contributed by atoms with van der Waals surface area (Å²) in [5, 5.41) is 2.69. The summed E-state index contributed by atoms with van der Waals surface area (Å²) in [6, 6.07) is 1.92. The highest BCUT2D eigenvalue weighted by Crippen LogP contribution is 2.27. The van der Waals surface area contributed by atoms with Crippen LogP contribution in [0.15, 0.2) is 6.07 Å². The van der Waals surface area contributed by atoms with E-state index in [2.05, 4.69) is 9.88 Å². The summed E-state index contributed by atoms with van der Waals surface area (Å²) >= 11 is 0. The summed E-state index contributed by atoms with van der Waals surface area (Å²) in [5.74, 6) is -0.274. The second-order valence-electron chi connectivity index (χ2n) is 6.58. The van der Waals surface area contributed by atoms with Crippen LogP contribution >= 0.6 is 0 Å². The number of carbonyl (C=O) groups excluding carboxylic acids is 2. The maximum absolute atomic E-state index is 13.0. The van der Waals surface area contributed by atoms with Crippen LogP contribution in [0.2, 0.25) is 0 Å². The van der Waals surface area contributed by atoms with Gasteiger partial charge >= 0.3 is 0 Å². The first-order chi connectivity index (χ1) is 11.9. The van der Waals surface area contributed by atoms with Crippen molar-refractivity contribution in [1.29, 1.82) is 0 Å². The molecule has 1 aromatic rings. The molecule has 0 bridgehead atoms. The Balaban J connectivity index is 2.19. The van der Waals surface area contributed by atoms with Gasteiger partial charge < -0.3 is 24.3 Å². The molecule has 0 spiro atoms. The SMILES string of the molecule is CNC(=O)C1CN(C(=O)c2cc(C)n(CCOC)c2C)CC1COC. The molecule has 25 heavy (non-hydrogen) atoms. The molecule has 0 saturated carbocycles. The third-order valence-corrected chi connectivity index (χ3v) is 5.02. The summed E-state index contributed by atoms with van der Waals surface area (Å²) in [7, 11) is 4.91. The lowest BCUT2D eigenvalue weighted by Crippen LogP contribution is -2.34. The molecule has 1 saturated heterocycles. The first-order valence-corrected chi connectivity index (χ1v) is 8.60. The molecule has 0 aromatic carbocycles. The summed E-state index contributed by atoms with van der Waals surface area (Å²) in [5.41, 5.74) is 2.67. The Labute approximate surface area is 149 Å². The van der Waals surface area contributed by atoms with Crippen LogP contribution in [0, 0.1) is 25.7 Å². The number of ether oxygens (including phenoxy) is 2. The Kier molecular flexibility index (Phi) is 6.61. The summed E-state index contributed by atoms with van der Waals surface area (Å²) in [4.78, 5) is 26.9. The maximum Gasteiger partial charge on any atom is 0.255 e. The van der Waals surface area contributed by atoms with Crippen LogP contribution in [0.5, 0.6) is 0 Å². The van der Waals surface area contributed by atoms with Crippen LogP contribution < -0.4 is 5.32 Å². The number of amides is 2. The zero-order valence-corrected chi connectivity index (χ0v) is 15.8. The van der Waals surface area contributed by atoms with Gasteiger partial charge in [0, 0.05) is 58.2 Å². The second kappa shape index (κ2) is 8.49. The molecule has 2 unspecified atom stereocenters. The van der Waals surface area contributed by atoms with E-state index in [0.717, 1.165) is 11.4 Å². The van der Waals surface area contributed by atoms with E-state index in [1.54, 1.807) is 26.2 Å². The fourth-order valence-electron chi connectivity index (χ4n) is 3.62. The van der Waals surface area contributed by atoms with Crippen molar-refractivity contribution in [3.63, 3.8) is 0 Å². The number of hydrogen-bond acceptors (Lipinski definition) is 4. The number of nitrogens with zero attached hydrogens (tertiary/aromatic N) is 2. The van der Waals surface area contributed by atoms with Gasteiger partial charge in [-0.15, -0.1) is 0 Å². The van der Waals surface area contributed by atoms with E-state index in [-0.39, 0.29) is 23.7 Å². The van der Waals surface area contributed by atoms with E-state index in [1.165, 1.54) is 0 Å². The second-order valence-corrected chi connectivity index (χ2v) is 6.58. The number of nitrogens with one attached hydrogen (secondary N) is 1. The number of aromatic nitrogens is 1. The Morgan fingerprint density at radius 1 is 1.24 bits per heavy atom. The van der Waals surface area contributed by atoms with Gasteiger partial charge in [-0.2, -0.15) is 0 Å². The molecule has 1 fully saturated rings. The van der Waals surface area contributed by atoms with Gasteiger partial charge in [-0.05, 0) is 19.9 Å². The van der Waals surface area contributed by atoms with Crippen molar-refractivity contribution >= 4 is 11.8 Å². The van der Waals surface area contributed by atoms with Crippen LogP contribution in [0.25, 0.3) is 0 Å². The Morgan fingerprint density at radius 3 is 2.56 bits per heavy atom. The third kappa shape index (κ3) is 4.04. The van der Waals surface area contributed by atoms with Gasteiger partial charge in [0.2, 0.25) is 5.91 Å². The monoisotopic (exact) mass is 351 g/mol. The average molecular weight is 351 g/mol. The van der Waals surface area contributed by atoms with E-state index in [1.807, 2.05) is 19.9 Å². The molecule has 1 aromatic heterocycles. The van der Waals surface area contributed by atoms with Gasteiger partial charge in [0.15, 0.2) is 0 Å². The first-order valence-electron chi connectivity index (χ1n) is 8.60. The smallest absolute Gasteiger partial charge is 0.255 e. The number of rotatable bonds is 7. The van der Waals surface area contributed by atoms with Crippen molar-refractivity contribution < 1.29 is 19.1 Å². The minimum atomic E-state index is -0.231. The van der Waals surface area contributed by atoms with Crippen LogP contribution in [-0.4, -0.2) is 68.9 Å². The van der Waals surface area contributed by atoms with E-state index in [0.29, 0.717) is 38.4 Å². The fourth-order valence-corrected chi connectivity index (χ4v) is 3.62. The molecule has 140 valence electrons. The average Bonchev–Trinajstić information content (AvgIpc) is 3.14. The van der Waals surface area contributed by atoms with E-state index < -0.39 is 0 Å². The van der Waals surface area contributed by atoms with Gasteiger partial charge in [0.1, 0.15) is 0 Å². The minimum Gasteiger partial charge on any atom is -0.384 e. The molecule has 7 nitrogen and oxygen atoms in total. The Hall–Kier alpha value is -1.86. The molecule has 1 aliphatic rings. The molecule has 0 radical (unpaired) electrons. The number of hydrogen-bond donors (Lipinski definition) is 1. The zero-order valence-electron chi connectivity index (χ0n) is 15.8. The largest absolute Gasteiger partial charge is 0.384 e. The third-order valence-electron chi connectivity index (χ3n) is 5.02. The zero-order chi connectivity index (χ0) is 18.6. The van der Waals surface area contributed by atoms with Crippen LogP contribution in [0.1, 0.15) is 21.7 Å². The van der Waals surface area contributed by atoms with Crippen molar-refractivity contribution in [2.24, 2.45) is 11.8 Å². The van der Waals surface area contributed by atoms with Crippen molar-refractivity contribution in [1.82, 2.24) is 14.8 Å². The Bertz CT molecular complexity index is 626. The fraction of sp³-hybridized carbons (Fsp3) is 0.667. The highest BCUT2D eigenvalue weighted by molar-refractivity contribution is 5.96. The number of carbonyl (C=O) groups is 2. The van der Waals surface area contributed by atoms with Crippen LogP contribution in [0.4, 0.5) is 0 Å². The molecular weight excluding hydrogens is 322 g/mol. The predicted molar refractivity (Wildman–Crippen MR) is 94.6 cm³/mol.